The second-order valence-electron chi connectivity index (χ2n) is 3.01. The van der Waals surface area contributed by atoms with Gasteiger partial charge in [-0.3, -0.25) is 9.59 Å². The Labute approximate surface area is 67.0 Å². The van der Waals surface area contributed by atoms with Gasteiger partial charge in [-0.15, -0.1) is 0 Å². The van der Waals surface area contributed by atoms with Crippen LogP contribution in [0.2, 0.25) is 0 Å². The first-order valence-corrected chi connectivity index (χ1v) is 3.67. The van der Waals surface area contributed by atoms with Gasteiger partial charge in [-0.05, 0) is 12.8 Å². The van der Waals surface area contributed by atoms with Crippen LogP contribution in [0, 0.1) is 11.8 Å². The molecule has 11 heavy (non-hydrogen) atoms. The standard InChI is InChI=1S/C8H14NO2/c1-5(2)7(9)8(11)6(3)4-10/h5-7H,9H2,1-3H3. The van der Waals surface area contributed by atoms with Gasteiger partial charge in [0.15, 0.2) is 5.78 Å². The van der Waals surface area contributed by atoms with Crippen LogP contribution in [0.15, 0.2) is 0 Å². The smallest absolute Gasteiger partial charge is 0.209 e. The topological polar surface area (TPSA) is 60.2 Å². The van der Waals surface area contributed by atoms with Crippen molar-refractivity contribution in [3.05, 3.63) is 0 Å². The van der Waals surface area contributed by atoms with Crippen molar-refractivity contribution in [1.29, 1.82) is 0 Å². The Kier molecular flexibility index (Phi) is 3.97. The lowest BCUT2D eigenvalue weighted by molar-refractivity contribution is -0.122. The van der Waals surface area contributed by atoms with Gasteiger partial charge in [0.2, 0.25) is 6.29 Å². The highest BCUT2D eigenvalue weighted by atomic mass is 16.1. The molecule has 0 aromatic rings. The van der Waals surface area contributed by atoms with E-state index in [-0.39, 0.29) is 11.7 Å². The Hall–Kier alpha value is -0.700. The van der Waals surface area contributed by atoms with Crippen LogP contribution in [-0.2, 0) is 9.59 Å². The van der Waals surface area contributed by atoms with Crippen LogP contribution >= 0.6 is 0 Å². The van der Waals surface area contributed by atoms with Crippen LogP contribution in [-0.4, -0.2) is 18.1 Å². The molecule has 2 atom stereocenters. The minimum Gasteiger partial charge on any atom is -0.321 e. The quantitative estimate of drug-likeness (QED) is 0.595. The molecule has 0 aliphatic rings. The summed E-state index contributed by atoms with van der Waals surface area (Å²) in [6.07, 6.45) is 1.62. The predicted octanol–water partition coefficient (Wildman–Crippen LogP) is 0.285. The summed E-state index contributed by atoms with van der Waals surface area (Å²) in [6.45, 7) is 5.21. The lowest BCUT2D eigenvalue weighted by atomic mass is 9.94. The lowest BCUT2D eigenvalue weighted by Gasteiger charge is -2.14. The van der Waals surface area contributed by atoms with Crippen molar-refractivity contribution >= 4 is 12.1 Å². The third-order valence-corrected chi connectivity index (χ3v) is 1.65. The van der Waals surface area contributed by atoms with E-state index in [4.69, 9.17) is 5.73 Å². The van der Waals surface area contributed by atoms with Crippen LogP contribution in [0.1, 0.15) is 20.8 Å². The Balaban J connectivity index is 4.12. The second kappa shape index (κ2) is 4.23. The van der Waals surface area contributed by atoms with Crippen molar-refractivity contribution in [3.63, 3.8) is 0 Å². The molecule has 0 bridgehead atoms. The minimum absolute atomic E-state index is 0.0818. The normalized spacial score (nSPS) is 16.1. The molecule has 0 aliphatic carbocycles. The van der Waals surface area contributed by atoms with Gasteiger partial charge in [-0.1, -0.05) is 13.8 Å². The van der Waals surface area contributed by atoms with Crippen LogP contribution in [0.4, 0.5) is 0 Å². The average Bonchev–Trinajstić information content (AvgIpc) is 2.00. The average molecular weight is 156 g/mol. The van der Waals surface area contributed by atoms with E-state index in [9.17, 15) is 9.59 Å². The molecule has 0 aliphatic heterocycles. The van der Waals surface area contributed by atoms with Crippen molar-refractivity contribution in [3.8, 4) is 0 Å². The van der Waals surface area contributed by atoms with Crippen molar-refractivity contribution in [2.45, 2.75) is 26.8 Å². The van der Waals surface area contributed by atoms with E-state index in [0.717, 1.165) is 0 Å². The summed E-state index contributed by atoms with van der Waals surface area (Å²) in [7, 11) is 0. The van der Waals surface area contributed by atoms with Crippen LogP contribution in [0.5, 0.6) is 0 Å². The number of carbonyl (C=O) groups is 1. The molecule has 2 N–H and O–H groups in total. The summed E-state index contributed by atoms with van der Waals surface area (Å²) in [5.41, 5.74) is 5.51. The van der Waals surface area contributed by atoms with Crippen molar-refractivity contribution in [2.24, 2.45) is 17.6 Å². The first kappa shape index (κ1) is 10.3. The maximum Gasteiger partial charge on any atom is 0.209 e. The van der Waals surface area contributed by atoms with E-state index >= 15 is 0 Å². The highest BCUT2D eigenvalue weighted by Gasteiger charge is 2.22. The second-order valence-corrected chi connectivity index (χ2v) is 3.01. The molecule has 0 heterocycles. The molecular weight excluding hydrogens is 142 g/mol. The first-order valence-electron chi connectivity index (χ1n) is 3.67. The van der Waals surface area contributed by atoms with E-state index in [1.807, 2.05) is 13.8 Å². The number of rotatable bonds is 4. The van der Waals surface area contributed by atoms with E-state index < -0.39 is 12.0 Å². The van der Waals surface area contributed by atoms with Gasteiger partial charge in [-0.25, -0.2) is 0 Å². The number of nitrogens with two attached hydrogens (primary N) is 1. The molecule has 0 aromatic heterocycles. The molecule has 0 saturated heterocycles. The third-order valence-electron chi connectivity index (χ3n) is 1.65. The Morgan fingerprint density at radius 2 is 1.82 bits per heavy atom. The summed E-state index contributed by atoms with van der Waals surface area (Å²) in [5.74, 6) is -0.833. The minimum atomic E-state index is -0.688. The molecule has 0 spiro atoms. The Bertz CT molecular complexity index is 154. The van der Waals surface area contributed by atoms with Gasteiger partial charge in [0.1, 0.15) is 0 Å². The summed E-state index contributed by atoms with van der Waals surface area (Å²) in [4.78, 5) is 21.2. The molecule has 0 aromatic carbocycles. The van der Waals surface area contributed by atoms with Gasteiger partial charge < -0.3 is 5.73 Å². The van der Waals surface area contributed by atoms with E-state index in [1.165, 1.54) is 6.92 Å². The number of Topliss-reactive ketones (excluding diaryl/α,β-unsaturated/α-hetero) is 1. The van der Waals surface area contributed by atoms with Gasteiger partial charge in [0.25, 0.3) is 0 Å². The van der Waals surface area contributed by atoms with E-state index in [1.54, 1.807) is 6.29 Å². The van der Waals surface area contributed by atoms with Gasteiger partial charge in [0.05, 0.1) is 12.0 Å². The fourth-order valence-corrected chi connectivity index (χ4v) is 0.675. The fourth-order valence-electron chi connectivity index (χ4n) is 0.675. The first-order chi connectivity index (χ1) is 5.00. The molecule has 3 nitrogen and oxygen atoms in total. The molecule has 0 fully saturated rings. The summed E-state index contributed by atoms with van der Waals surface area (Å²) >= 11 is 0. The van der Waals surface area contributed by atoms with Crippen LogP contribution in [0.3, 0.4) is 0 Å². The largest absolute Gasteiger partial charge is 0.321 e. The predicted molar refractivity (Wildman–Crippen MR) is 42.7 cm³/mol. The van der Waals surface area contributed by atoms with E-state index in [0.29, 0.717) is 0 Å². The third kappa shape index (κ3) is 2.80. The lowest BCUT2D eigenvalue weighted by Crippen LogP contribution is -2.39. The molecule has 1 radical (unpaired) electrons. The number of hydrogen-bond acceptors (Lipinski definition) is 3. The molecule has 2 unspecified atom stereocenters. The molecule has 63 valence electrons. The zero-order chi connectivity index (χ0) is 9.02. The maximum absolute atomic E-state index is 11.1. The molecule has 3 heteroatoms. The van der Waals surface area contributed by atoms with Crippen LogP contribution in [0.25, 0.3) is 0 Å². The number of hydrogen-bond donors (Lipinski definition) is 1. The SMILES string of the molecule is CC([C]=O)C(=O)C(N)C(C)C. The molecule has 0 amide bonds. The van der Waals surface area contributed by atoms with Crippen molar-refractivity contribution in [2.75, 3.05) is 0 Å². The molecule has 0 saturated carbocycles. The Morgan fingerprint density at radius 3 is 2.09 bits per heavy atom. The van der Waals surface area contributed by atoms with Crippen molar-refractivity contribution < 1.29 is 9.59 Å². The Morgan fingerprint density at radius 1 is 1.36 bits per heavy atom. The van der Waals surface area contributed by atoms with Gasteiger partial charge in [0, 0.05) is 0 Å². The van der Waals surface area contributed by atoms with Gasteiger partial charge >= 0.3 is 0 Å². The summed E-state index contributed by atoms with van der Waals surface area (Å²) < 4.78 is 0. The van der Waals surface area contributed by atoms with Crippen LogP contribution < -0.4 is 5.73 Å². The molecule has 0 rings (SSSR count). The maximum atomic E-state index is 11.1. The fraction of sp³-hybridized carbons (Fsp3) is 0.750. The highest BCUT2D eigenvalue weighted by Crippen LogP contribution is 2.04. The zero-order valence-electron chi connectivity index (χ0n) is 7.13. The van der Waals surface area contributed by atoms with Crippen molar-refractivity contribution in [1.82, 2.24) is 0 Å². The highest BCUT2D eigenvalue weighted by molar-refractivity contribution is 5.96. The summed E-state index contributed by atoms with van der Waals surface area (Å²) in [5, 5.41) is 0. The number of ketones is 1. The number of carbonyl (C=O) groups excluding carboxylic acids is 2. The zero-order valence-corrected chi connectivity index (χ0v) is 7.13. The van der Waals surface area contributed by atoms with Gasteiger partial charge in [-0.2, -0.15) is 0 Å². The summed E-state index contributed by atoms with van der Waals surface area (Å²) in [6, 6.07) is -0.536. The molecular formula is C8H14NO2. The monoisotopic (exact) mass is 156 g/mol. The van der Waals surface area contributed by atoms with E-state index in [2.05, 4.69) is 0 Å².